The van der Waals surface area contributed by atoms with Gasteiger partial charge in [-0.25, -0.2) is 9.50 Å². The number of hydrogen-bond acceptors (Lipinski definition) is 3. The fourth-order valence-electron chi connectivity index (χ4n) is 2.12. The molecule has 2 rings (SSSR count). The van der Waals surface area contributed by atoms with E-state index in [2.05, 4.69) is 45.2 Å². The largest absolute Gasteiger partial charge is 0.368 e. The number of aromatic nitrogens is 3. The molecule has 104 valence electrons. The highest BCUT2D eigenvalue weighted by Crippen LogP contribution is 2.17. The van der Waals surface area contributed by atoms with E-state index in [4.69, 9.17) is 0 Å². The minimum atomic E-state index is 0.452. The molecule has 19 heavy (non-hydrogen) atoms. The van der Waals surface area contributed by atoms with Crippen LogP contribution in [-0.4, -0.2) is 20.6 Å². The summed E-state index contributed by atoms with van der Waals surface area (Å²) in [5.74, 6) is 0.914. The van der Waals surface area contributed by atoms with E-state index in [1.165, 1.54) is 32.1 Å². The number of nitrogens with zero attached hydrogens (tertiary/aromatic N) is 3. The van der Waals surface area contributed by atoms with Gasteiger partial charge >= 0.3 is 0 Å². The highest BCUT2D eigenvalue weighted by atomic mass is 79.9. The molecule has 5 heteroatoms. The van der Waals surface area contributed by atoms with Gasteiger partial charge in [0, 0.05) is 12.2 Å². The zero-order valence-electron chi connectivity index (χ0n) is 11.6. The van der Waals surface area contributed by atoms with Crippen molar-refractivity contribution in [2.24, 2.45) is 0 Å². The number of anilines is 1. The van der Waals surface area contributed by atoms with Gasteiger partial charge in [0.15, 0.2) is 5.65 Å². The Labute approximate surface area is 122 Å². The standard InChI is InChI=1S/C14H21BrN4/c1-3-4-5-6-7-11(2)17-13-8-9-19-14(18-13)12(15)10-16-19/h8-11H,3-7H2,1-2H3,(H,17,18). The molecule has 1 N–H and O–H groups in total. The van der Waals surface area contributed by atoms with E-state index in [0.29, 0.717) is 6.04 Å². The molecular weight excluding hydrogens is 304 g/mol. The van der Waals surface area contributed by atoms with Crippen molar-refractivity contribution in [2.75, 3.05) is 5.32 Å². The minimum absolute atomic E-state index is 0.452. The van der Waals surface area contributed by atoms with E-state index < -0.39 is 0 Å². The van der Waals surface area contributed by atoms with Gasteiger partial charge in [0.2, 0.25) is 0 Å². The number of unbranched alkanes of at least 4 members (excludes halogenated alkanes) is 3. The normalized spacial score (nSPS) is 12.8. The summed E-state index contributed by atoms with van der Waals surface area (Å²) in [6, 6.07) is 2.42. The third-order valence-electron chi connectivity index (χ3n) is 3.21. The molecule has 2 heterocycles. The number of fused-ring (bicyclic) bond motifs is 1. The molecule has 0 aliphatic carbocycles. The molecule has 4 nitrogen and oxygen atoms in total. The second kappa shape index (κ2) is 6.89. The van der Waals surface area contributed by atoms with Crippen molar-refractivity contribution < 1.29 is 0 Å². The van der Waals surface area contributed by atoms with Gasteiger partial charge in [-0.2, -0.15) is 5.10 Å². The lowest BCUT2D eigenvalue weighted by Crippen LogP contribution is -2.16. The van der Waals surface area contributed by atoms with Crippen LogP contribution in [0.15, 0.2) is 22.9 Å². The van der Waals surface area contributed by atoms with Crippen molar-refractivity contribution in [3.63, 3.8) is 0 Å². The minimum Gasteiger partial charge on any atom is -0.368 e. The first kappa shape index (κ1) is 14.3. The van der Waals surface area contributed by atoms with Crippen LogP contribution < -0.4 is 5.32 Å². The van der Waals surface area contributed by atoms with Crippen LogP contribution in [0.25, 0.3) is 5.65 Å². The number of hydrogen-bond donors (Lipinski definition) is 1. The van der Waals surface area contributed by atoms with E-state index in [1.807, 2.05) is 12.3 Å². The number of halogens is 1. The van der Waals surface area contributed by atoms with Crippen LogP contribution in [-0.2, 0) is 0 Å². The summed E-state index contributed by atoms with van der Waals surface area (Å²) in [6.45, 7) is 4.45. The van der Waals surface area contributed by atoms with E-state index in [1.54, 1.807) is 10.7 Å². The molecular formula is C14H21BrN4. The van der Waals surface area contributed by atoms with Gasteiger partial charge in [-0.05, 0) is 35.3 Å². The van der Waals surface area contributed by atoms with Crippen LogP contribution in [0.1, 0.15) is 46.0 Å². The highest BCUT2D eigenvalue weighted by molar-refractivity contribution is 9.10. The first-order valence-corrected chi connectivity index (χ1v) is 7.76. The third kappa shape index (κ3) is 3.93. The molecule has 0 saturated heterocycles. The maximum atomic E-state index is 4.56. The van der Waals surface area contributed by atoms with Crippen LogP contribution in [0, 0.1) is 0 Å². The molecule has 0 aromatic carbocycles. The molecule has 1 atom stereocenters. The fourth-order valence-corrected chi connectivity index (χ4v) is 2.49. The van der Waals surface area contributed by atoms with Gasteiger partial charge in [0.25, 0.3) is 0 Å². The van der Waals surface area contributed by atoms with Crippen LogP contribution in [0.4, 0.5) is 5.82 Å². The Hall–Kier alpha value is -1.10. The van der Waals surface area contributed by atoms with Crippen LogP contribution in [0.3, 0.4) is 0 Å². The average molecular weight is 325 g/mol. The Morgan fingerprint density at radius 3 is 3.00 bits per heavy atom. The van der Waals surface area contributed by atoms with Crippen molar-refractivity contribution >= 4 is 27.4 Å². The molecule has 0 aliphatic heterocycles. The van der Waals surface area contributed by atoms with Crippen molar-refractivity contribution in [1.82, 2.24) is 14.6 Å². The van der Waals surface area contributed by atoms with Crippen molar-refractivity contribution in [3.05, 3.63) is 22.9 Å². The van der Waals surface area contributed by atoms with Gasteiger partial charge in [0.1, 0.15) is 5.82 Å². The lowest BCUT2D eigenvalue weighted by molar-refractivity contribution is 0.593. The Morgan fingerprint density at radius 1 is 1.37 bits per heavy atom. The lowest BCUT2D eigenvalue weighted by atomic mass is 10.1. The van der Waals surface area contributed by atoms with E-state index >= 15 is 0 Å². The summed E-state index contributed by atoms with van der Waals surface area (Å²) in [7, 11) is 0. The Kier molecular flexibility index (Phi) is 5.19. The fraction of sp³-hybridized carbons (Fsp3) is 0.571. The first-order chi connectivity index (χ1) is 9.20. The molecule has 0 radical (unpaired) electrons. The van der Waals surface area contributed by atoms with Crippen molar-refractivity contribution in [2.45, 2.75) is 52.0 Å². The second-order valence-electron chi connectivity index (χ2n) is 4.97. The summed E-state index contributed by atoms with van der Waals surface area (Å²) in [5.41, 5.74) is 0.850. The smallest absolute Gasteiger partial charge is 0.171 e. The topological polar surface area (TPSA) is 42.2 Å². The highest BCUT2D eigenvalue weighted by Gasteiger charge is 2.06. The number of rotatable bonds is 7. The summed E-state index contributed by atoms with van der Waals surface area (Å²) in [6.07, 6.45) is 10.1. The third-order valence-corrected chi connectivity index (χ3v) is 3.77. The summed E-state index contributed by atoms with van der Waals surface area (Å²) in [5, 5.41) is 7.64. The van der Waals surface area contributed by atoms with Gasteiger partial charge < -0.3 is 5.32 Å². The molecule has 0 amide bonds. The Balaban J connectivity index is 1.91. The molecule has 0 aliphatic rings. The number of nitrogens with one attached hydrogen (secondary N) is 1. The molecule has 2 aromatic rings. The second-order valence-corrected chi connectivity index (χ2v) is 5.82. The van der Waals surface area contributed by atoms with Gasteiger partial charge in [-0.1, -0.05) is 32.6 Å². The van der Waals surface area contributed by atoms with E-state index in [0.717, 1.165) is 15.9 Å². The van der Waals surface area contributed by atoms with Crippen molar-refractivity contribution in [1.29, 1.82) is 0 Å². The molecule has 1 unspecified atom stereocenters. The maximum Gasteiger partial charge on any atom is 0.171 e. The van der Waals surface area contributed by atoms with Gasteiger partial charge in [-0.3, -0.25) is 0 Å². The monoisotopic (exact) mass is 324 g/mol. The van der Waals surface area contributed by atoms with E-state index in [9.17, 15) is 0 Å². The zero-order chi connectivity index (χ0) is 13.7. The quantitative estimate of drug-likeness (QED) is 0.773. The predicted octanol–water partition coefficient (Wildman–Crippen LogP) is 4.26. The molecule has 0 bridgehead atoms. The van der Waals surface area contributed by atoms with Crippen LogP contribution >= 0.6 is 15.9 Å². The SMILES string of the molecule is CCCCCCC(C)Nc1ccn2ncc(Br)c2n1. The molecule has 0 fully saturated rings. The summed E-state index contributed by atoms with van der Waals surface area (Å²) in [4.78, 5) is 4.56. The van der Waals surface area contributed by atoms with Crippen LogP contribution in [0.2, 0.25) is 0 Å². The molecule has 0 saturated carbocycles. The predicted molar refractivity (Wildman–Crippen MR) is 82.5 cm³/mol. The molecule has 0 spiro atoms. The summed E-state index contributed by atoms with van der Waals surface area (Å²) < 4.78 is 2.69. The van der Waals surface area contributed by atoms with Gasteiger partial charge in [-0.15, -0.1) is 0 Å². The zero-order valence-corrected chi connectivity index (χ0v) is 13.2. The lowest BCUT2D eigenvalue weighted by Gasteiger charge is -2.14. The van der Waals surface area contributed by atoms with Crippen molar-refractivity contribution in [3.8, 4) is 0 Å². The average Bonchev–Trinajstić information content (AvgIpc) is 2.76. The molecule has 2 aromatic heterocycles. The first-order valence-electron chi connectivity index (χ1n) is 6.97. The maximum absolute atomic E-state index is 4.56. The Bertz CT molecular complexity index is 523. The van der Waals surface area contributed by atoms with E-state index in [-0.39, 0.29) is 0 Å². The van der Waals surface area contributed by atoms with Gasteiger partial charge in [0.05, 0.1) is 10.7 Å². The summed E-state index contributed by atoms with van der Waals surface area (Å²) >= 11 is 3.45. The Morgan fingerprint density at radius 2 is 2.21 bits per heavy atom. The van der Waals surface area contributed by atoms with Crippen LogP contribution in [0.5, 0.6) is 0 Å².